The van der Waals surface area contributed by atoms with Crippen molar-refractivity contribution in [3.05, 3.63) is 49.8 Å². The maximum absolute atomic E-state index is 13.0. The Morgan fingerprint density at radius 1 is 1.28 bits per heavy atom. The Kier molecular flexibility index (Phi) is 5.64. The van der Waals surface area contributed by atoms with E-state index in [0.717, 1.165) is 25.9 Å². The van der Waals surface area contributed by atoms with E-state index in [2.05, 4.69) is 27.5 Å². The summed E-state index contributed by atoms with van der Waals surface area (Å²) in [5.41, 5.74) is 0.125. The largest absolute Gasteiger partial charge is 0.342 e. The third-order valence-electron chi connectivity index (χ3n) is 6.01. The predicted octanol–water partition coefficient (Wildman–Crippen LogP) is 2.29. The fourth-order valence-electron chi connectivity index (χ4n) is 4.07. The van der Waals surface area contributed by atoms with Gasteiger partial charge in [-0.1, -0.05) is 13.0 Å². The third kappa shape index (κ3) is 4.18. The highest BCUT2D eigenvalue weighted by atomic mass is 16.6. The molecule has 3 heterocycles. The first-order valence-electron chi connectivity index (χ1n) is 10.5. The Morgan fingerprint density at radius 3 is 2.69 bits per heavy atom. The van der Waals surface area contributed by atoms with Crippen molar-refractivity contribution in [2.45, 2.75) is 39.0 Å². The van der Waals surface area contributed by atoms with Crippen LogP contribution >= 0.6 is 0 Å². The lowest BCUT2D eigenvalue weighted by molar-refractivity contribution is -0.385. The van der Waals surface area contributed by atoms with Crippen LogP contribution in [0.25, 0.3) is 0 Å². The Hall–Kier alpha value is -3.76. The number of nitrogens with one attached hydrogen (secondary N) is 3. The topological polar surface area (TPSA) is 150 Å². The number of hydrogen-bond acceptors (Lipinski definition) is 7. The second kappa shape index (κ2) is 8.40. The van der Waals surface area contributed by atoms with Gasteiger partial charge in [0, 0.05) is 36.8 Å². The van der Waals surface area contributed by atoms with Gasteiger partial charge in [-0.3, -0.25) is 29.5 Å². The molecule has 0 spiro atoms. The van der Waals surface area contributed by atoms with Crippen LogP contribution in [0.3, 0.4) is 0 Å². The number of nitrogens with zero attached hydrogens (tertiary/aromatic N) is 3. The van der Waals surface area contributed by atoms with Crippen molar-refractivity contribution in [2.24, 2.45) is 5.92 Å². The van der Waals surface area contributed by atoms with Crippen molar-refractivity contribution in [3.63, 3.8) is 0 Å². The summed E-state index contributed by atoms with van der Waals surface area (Å²) in [6.07, 6.45) is 1.72. The zero-order valence-corrected chi connectivity index (χ0v) is 17.8. The van der Waals surface area contributed by atoms with Crippen molar-refractivity contribution >= 4 is 35.0 Å². The highest BCUT2D eigenvalue weighted by molar-refractivity contribution is 6.04. The van der Waals surface area contributed by atoms with E-state index >= 15 is 0 Å². The predicted molar refractivity (Wildman–Crippen MR) is 118 cm³/mol. The summed E-state index contributed by atoms with van der Waals surface area (Å²) in [6, 6.07) is 4.31. The number of piperidine rings is 1. The van der Waals surface area contributed by atoms with E-state index in [-0.39, 0.29) is 29.2 Å². The normalized spacial score (nSPS) is 18.6. The van der Waals surface area contributed by atoms with E-state index in [1.807, 2.05) is 4.90 Å². The van der Waals surface area contributed by atoms with Gasteiger partial charge in [-0.15, -0.1) is 0 Å². The van der Waals surface area contributed by atoms with Crippen molar-refractivity contribution in [3.8, 4) is 0 Å². The molecule has 2 aliphatic heterocycles. The van der Waals surface area contributed by atoms with Gasteiger partial charge in [-0.25, -0.2) is 0 Å². The molecule has 3 N–H and O–H groups in total. The number of nitro groups is 1. The summed E-state index contributed by atoms with van der Waals surface area (Å²) in [7, 11) is 0. The molecule has 0 aliphatic carbocycles. The second-order valence-electron chi connectivity index (χ2n) is 8.37. The Bertz CT molecular complexity index is 1150. The minimum Gasteiger partial charge on any atom is -0.342 e. The highest BCUT2D eigenvalue weighted by Crippen LogP contribution is 2.31. The number of aromatic amines is 1. The van der Waals surface area contributed by atoms with Crippen LogP contribution in [-0.4, -0.2) is 39.8 Å². The number of fused-ring (bicyclic) bond motifs is 1. The number of carbonyl (C=O) groups is 2. The summed E-state index contributed by atoms with van der Waals surface area (Å²) in [5.74, 6) is -1.05. The molecular weight excluding hydrogens is 416 g/mol. The molecule has 168 valence electrons. The summed E-state index contributed by atoms with van der Waals surface area (Å²) in [6.45, 7) is 5.25. The van der Waals surface area contributed by atoms with Crippen LogP contribution in [0.15, 0.2) is 23.0 Å². The Labute approximate surface area is 183 Å². The molecule has 1 atom stereocenters. The molecule has 1 aromatic carbocycles. The van der Waals surface area contributed by atoms with Gasteiger partial charge in [0.1, 0.15) is 5.82 Å². The van der Waals surface area contributed by atoms with Gasteiger partial charge in [0.05, 0.1) is 16.4 Å². The smallest absolute Gasteiger partial charge is 0.274 e. The number of hydrogen-bond donors (Lipinski definition) is 3. The summed E-state index contributed by atoms with van der Waals surface area (Å²) >= 11 is 0. The molecule has 0 radical (unpaired) electrons. The zero-order chi connectivity index (χ0) is 23.0. The van der Waals surface area contributed by atoms with E-state index in [0.29, 0.717) is 17.4 Å². The number of anilines is 3. The molecule has 2 aliphatic rings. The molecule has 11 nitrogen and oxygen atoms in total. The lowest BCUT2D eigenvalue weighted by Gasteiger charge is -2.31. The molecule has 0 bridgehead atoms. The SMILES string of the molecule is Cc1ccc(NC(=O)C2CC(=O)Nc3nc(N4CCC(C)CC4)[nH]c(=O)c32)cc1[N+](=O)[O-]. The maximum Gasteiger partial charge on any atom is 0.274 e. The summed E-state index contributed by atoms with van der Waals surface area (Å²) < 4.78 is 0. The van der Waals surface area contributed by atoms with E-state index in [1.165, 1.54) is 18.2 Å². The quantitative estimate of drug-likeness (QED) is 0.487. The molecule has 0 saturated carbocycles. The van der Waals surface area contributed by atoms with E-state index in [1.54, 1.807) is 6.92 Å². The van der Waals surface area contributed by atoms with Gasteiger partial charge >= 0.3 is 0 Å². The van der Waals surface area contributed by atoms with Gasteiger partial charge in [0.15, 0.2) is 0 Å². The lowest BCUT2D eigenvalue weighted by Crippen LogP contribution is -2.39. The number of rotatable bonds is 4. The highest BCUT2D eigenvalue weighted by Gasteiger charge is 2.35. The molecule has 1 saturated heterocycles. The summed E-state index contributed by atoms with van der Waals surface area (Å²) in [4.78, 5) is 57.9. The first-order chi connectivity index (χ1) is 15.2. The van der Waals surface area contributed by atoms with E-state index in [4.69, 9.17) is 0 Å². The third-order valence-corrected chi connectivity index (χ3v) is 6.01. The summed E-state index contributed by atoms with van der Waals surface area (Å²) in [5, 5.41) is 16.4. The Morgan fingerprint density at radius 2 is 2.00 bits per heavy atom. The number of benzene rings is 1. The first-order valence-corrected chi connectivity index (χ1v) is 10.5. The number of aromatic nitrogens is 2. The molecule has 1 aromatic heterocycles. The fraction of sp³-hybridized carbons (Fsp3) is 0.429. The van der Waals surface area contributed by atoms with Crippen LogP contribution in [0, 0.1) is 23.0 Å². The van der Waals surface area contributed by atoms with Gasteiger partial charge < -0.3 is 15.5 Å². The minimum atomic E-state index is -1.06. The van der Waals surface area contributed by atoms with Crippen molar-refractivity contribution in [2.75, 3.05) is 28.6 Å². The number of aryl methyl sites for hydroxylation is 1. The monoisotopic (exact) mass is 440 g/mol. The van der Waals surface area contributed by atoms with Crippen LogP contribution in [0.4, 0.5) is 23.1 Å². The second-order valence-corrected chi connectivity index (χ2v) is 8.37. The average Bonchev–Trinajstić information content (AvgIpc) is 2.74. The molecule has 32 heavy (non-hydrogen) atoms. The maximum atomic E-state index is 13.0. The molecule has 1 unspecified atom stereocenters. The Balaban J connectivity index is 1.62. The molecule has 1 fully saturated rings. The van der Waals surface area contributed by atoms with Crippen molar-refractivity contribution in [1.82, 2.24) is 9.97 Å². The van der Waals surface area contributed by atoms with Gasteiger partial charge in [-0.05, 0) is 31.7 Å². The number of H-pyrrole nitrogens is 1. The minimum absolute atomic E-state index is 0.0775. The molecule has 11 heteroatoms. The van der Waals surface area contributed by atoms with Crippen LogP contribution in [0.2, 0.25) is 0 Å². The van der Waals surface area contributed by atoms with Gasteiger partial charge in [0.2, 0.25) is 17.8 Å². The van der Waals surface area contributed by atoms with Crippen LogP contribution in [-0.2, 0) is 9.59 Å². The van der Waals surface area contributed by atoms with Crippen molar-refractivity contribution in [1.29, 1.82) is 0 Å². The lowest BCUT2D eigenvalue weighted by atomic mass is 9.92. The molecular formula is C21H24N6O5. The number of nitro benzene ring substituents is 1. The van der Waals surface area contributed by atoms with Crippen LogP contribution in [0.1, 0.15) is 43.2 Å². The number of amides is 2. The van der Waals surface area contributed by atoms with Crippen LogP contribution < -0.4 is 21.1 Å². The van der Waals surface area contributed by atoms with Crippen molar-refractivity contribution < 1.29 is 14.5 Å². The fourth-order valence-corrected chi connectivity index (χ4v) is 4.07. The standard InChI is InChI=1S/C21H24N6O5/c1-11-5-7-26(8-6-11)21-24-18-17(20(30)25-21)14(10-16(28)23-18)19(29)22-13-4-3-12(2)15(9-13)27(31)32/h3-4,9,11,14H,5-8,10H2,1-2H3,(H,22,29)(H2,23,24,25,28,30). The first kappa shape index (κ1) is 21.5. The van der Waals surface area contributed by atoms with E-state index in [9.17, 15) is 24.5 Å². The average molecular weight is 440 g/mol. The molecule has 2 amide bonds. The number of carbonyl (C=O) groups excluding carboxylic acids is 2. The van der Waals surface area contributed by atoms with E-state index < -0.39 is 28.2 Å². The zero-order valence-electron chi connectivity index (χ0n) is 17.8. The molecule has 2 aromatic rings. The molecule has 4 rings (SSSR count). The van der Waals surface area contributed by atoms with Gasteiger partial charge in [0.25, 0.3) is 11.2 Å². The van der Waals surface area contributed by atoms with Gasteiger partial charge in [-0.2, -0.15) is 4.98 Å². The van der Waals surface area contributed by atoms with Crippen LogP contribution in [0.5, 0.6) is 0 Å².